The fraction of sp³-hybridized carbons (Fsp3) is 0.409. The van der Waals surface area contributed by atoms with Crippen LogP contribution in [0.25, 0.3) is 0 Å². The van der Waals surface area contributed by atoms with Crippen molar-refractivity contribution in [1.82, 2.24) is 0 Å². The Balaban J connectivity index is 1.92. The number of hydrogen-bond acceptors (Lipinski definition) is 6. The van der Waals surface area contributed by atoms with E-state index < -0.39 is 15.5 Å². The normalized spacial score (nSPS) is 18.1. The Kier molecular flexibility index (Phi) is 6.12. The fourth-order valence-electron chi connectivity index (χ4n) is 3.57. The highest BCUT2D eigenvalue weighted by atomic mass is 32.2. The molecule has 1 aliphatic rings. The number of benzene rings is 1. The minimum atomic E-state index is -3.08. The second kappa shape index (κ2) is 8.16. The van der Waals surface area contributed by atoms with Crippen molar-refractivity contribution in [2.45, 2.75) is 56.3 Å². The molecule has 0 aliphatic carbocycles. The van der Waals surface area contributed by atoms with Gasteiger partial charge >= 0.3 is 0 Å². The molecule has 4 N–H and O–H groups in total. The van der Waals surface area contributed by atoms with Crippen molar-refractivity contribution in [3.05, 3.63) is 57.6 Å². The molecule has 0 bridgehead atoms. The van der Waals surface area contributed by atoms with Crippen LogP contribution in [0.15, 0.2) is 44.6 Å². The van der Waals surface area contributed by atoms with Gasteiger partial charge in [0.25, 0.3) is 0 Å². The summed E-state index contributed by atoms with van der Waals surface area (Å²) < 4.78 is 17.8. The van der Waals surface area contributed by atoms with Crippen LogP contribution in [0, 0.1) is 11.3 Å². The summed E-state index contributed by atoms with van der Waals surface area (Å²) in [6, 6.07) is 9.54. The lowest BCUT2D eigenvalue weighted by Gasteiger charge is -2.27. The van der Waals surface area contributed by atoms with Crippen LogP contribution in [0.2, 0.25) is 0 Å². The van der Waals surface area contributed by atoms with E-state index in [9.17, 15) is 14.6 Å². The molecule has 0 amide bonds. The molecule has 2 aromatic rings. The van der Waals surface area contributed by atoms with Crippen LogP contribution >= 0.6 is 11.3 Å². The van der Waals surface area contributed by atoms with Gasteiger partial charge in [0, 0.05) is 22.2 Å². The van der Waals surface area contributed by atoms with Gasteiger partial charge in [-0.15, -0.1) is 11.3 Å². The van der Waals surface area contributed by atoms with Gasteiger partial charge in [0.2, 0.25) is 0 Å². The van der Waals surface area contributed by atoms with E-state index in [4.69, 9.17) is 5.14 Å². The van der Waals surface area contributed by atoms with Crippen molar-refractivity contribution in [2.75, 3.05) is 11.9 Å². The minimum absolute atomic E-state index is 0.133. The van der Waals surface area contributed by atoms with Gasteiger partial charge < -0.3 is 10.4 Å². The number of nitriles is 1. The lowest BCUT2D eigenvalue weighted by molar-refractivity contribution is 0.0825. The summed E-state index contributed by atoms with van der Waals surface area (Å²) in [6.07, 6.45) is 2.05. The van der Waals surface area contributed by atoms with Gasteiger partial charge in [0.05, 0.1) is 23.8 Å². The molecule has 0 fully saturated rings. The number of aliphatic hydroxyl groups is 1. The number of allylic oxidation sites excluding steroid dienone is 1. The van der Waals surface area contributed by atoms with E-state index >= 15 is 0 Å². The zero-order valence-corrected chi connectivity index (χ0v) is 19.5. The smallest absolute Gasteiger partial charge is 0.144 e. The summed E-state index contributed by atoms with van der Waals surface area (Å²) >= 11 is 1.21. The average molecular weight is 445 g/mol. The molecule has 1 aromatic carbocycles. The molecule has 2 unspecified atom stereocenters. The van der Waals surface area contributed by atoms with E-state index in [-0.39, 0.29) is 18.4 Å². The van der Waals surface area contributed by atoms with Crippen LogP contribution in [-0.2, 0) is 15.5 Å². The van der Waals surface area contributed by atoms with Crippen LogP contribution in [-0.4, -0.2) is 15.9 Å². The van der Waals surface area contributed by atoms with E-state index in [2.05, 4.69) is 36.5 Å². The van der Waals surface area contributed by atoms with Crippen molar-refractivity contribution in [3.8, 4) is 6.07 Å². The van der Waals surface area contributed by atoms with Gasteiger partial charge in [-0.3, -0.25) is 0 Å². The van der Waals surface area contributed by atoms with Crippen LogP contribution in [0.1, 0.15) is 68.0 Å². The van der Waals surface area contributed by atoms with Crippen molar-refractivity contribution in [3.63, 3.8) is 0 Å². The summed E-state index contributed by atoms with van der Waals surface area (Å²) in [5.74, 6) is 0.310. The molecular weight excluding hydrogens is 416 g/mol. The fourth-order valence-corrected chi connectivity index (χ4v) is 5.94. The zero-order valence-electron chi connectivity index (χ0n) is 17.9. The van der Waals surface area contributed by atoms with Crippen LogP contribution in [0.3, 0.4) is 0 Å². The van der Waals surface area contributed by atoms with E-state index in [1.165, 1.54) is 11.3 Å². The van der Waals surface area contributed by atoms with Crippen LogP contribution in [0.4, 0.5) is 5.69 Å². The number of nitrogens with two attached hydrogens (primary N) is 1. The third-order valence-corrected chi connectivity index (χ3v) is 8.49. The summed E-state index contributed by atoms with van der Waals surface area (Å²) in [5, 5.41) is 29.1. The van der Waals surface area contributed by atoms with E-state index in [0.717, 1.165) is 22.5 Å². The van der Waals surface area contributed by atoms with Gasteiger partial charge in [0.15, 0.2) is 0 Å². The van der Waals surface area contributed by atoms with Gasteiger partial charge in [-0.05, 0) is 49.1 Å². The van der Waals surface area contributed by atoms with Crippen molar-refractivity contribution >= 4 is 26.9 Å². The Morgan fingerprint density at radius 1 is 1.37 bits per heavy atom. The second-order valence-electron chi connectivity index (χ2n) is 8.40. The molecule has 2 atom stereocenters. The molecule has 0 saturated heterocycles. The first-order chi connectivity index (χ1) is 13.9. The molecule has 6 nitrogen and oxygen atoms in total. The van der Waals surface area contributed by atoms with Crippen molar-refractivity contribution < 1.29 is 9.32 Å². The number of nitrogens with zero attached hydrogens (tertiary/aromatic N) is 2. The van der Waals surface area contributed by atoms with Crippen molar-refractivity contribution in [2.24, 2.45) is 9.50 Å². The maximum absolute atomic E-state index is 13.0. The molecular formula is C22H28N4O2S2. The SMILES string of the molecule is CC(C)c1c(C#N)ccc2c1NC(CN=S(N)(=O)c1ccc(C(C)(C)O)s1)=CC2C. The van der Waals surface area contributed by atoms with Gasteiger partial charge in [-0.25, -0.2) is 13.7 Å². The first kappa shape index (κ1) is 22.5. The predicted octanol–water partition coefficient (Wildman–Crippen LogP) is 4.78. The molecule has 30 heavy (non-hydrogen) atoms. The molecule has 0 radical (unpaired) electrons. The highest BCUT2D eigenvalue weighted by Crippen LogP contribution is 2.39. The van der Waals surface area contributed by atoms with E-state index in [1.807, 2.05) is 18.2 Å². The first-order valence-corrected chi connectivity index (χ1v) is 12.2. The maximum atomic E-state index is 13.0. The molecule has 0 saturated carbocycles. The molecule has 0 spiro atoms. The van der Waals surface area contributed by atoms with Crippen LogP contribution < -0.4 is 10.5 Å². The van der Waals surface area contributed by atoms with E-state index in [0.29, 0.717) is 14.6 Å². The number of rotatable bonds is 5. The Morgan fingerprint density at radius 3 is 2.63 bits per heavy atom. The largest absolute Gasteiger partial charge is 0.385 e. The van der Waals surface area contributed by atoms with Gasteiger partial charge in [-0.1, -0.05) is 32.9 Å². The van der Waals surface area contributed by atoms with E-state index in [1.54, 1.807) is 26.0 Å². The Hall–Kier alpha value is -2.18. The lowest BCUT2D eigenvalue weighted by Crippen LogP contribution is -2.18. The Morgan fingerprint density at radius 2 is 2.07 bits per heavy atom. The molecule has 1 aliphatic heterocycles. The highest BCUT2D eigenvalue weighted by Gasteiger charge is 2.24. The Labute approximate surface area is 182 Å². The average Bonchev–Trinajstić information content (AvgIpc) is 3.17. The molecule has 3 rings (SSSR count). The van der Waals surface area contributed by atoms with Crippen LogP contribution in [0.5, 0.6) is 0 Å². The minimum Gasteiger partial charge on any atom is -0.385 e. The molecule has 2 heterocycles. The predicted molar refractivity (Wildman–Crippen MR) is 123 cm³/mol. The number of fused-ring (bicyclic) bond motifs is 1. The number of hydrogen-bond donors (Lipinski definition) is 3. The van der Waals surface area contributed by atoms with Gasteiger partial charge in [0.1, 0.15) is 14.1 Å². The summed E-state index contributed by atoms with van der Waals surface area (Å²) in [4.78, 5) is 0.689. The Bertz CT molecular complexity index is 1160. The molecule has 8 heteroatoms. The van der Waals surface area contributed by atoms with Crippen molar-refractivity contribution in [1.29, 1.82) is 5.26 Å². The summed E-state index contributed by atoms with van der Waals surface area (Å²) in [7, 11) is -3.08. The zero-order chi connectivity index (χ0) is 22.3. The quantitative estimate of drug-likeness (QED) is 0.616. The summed E-state index contributed by atoms with van der Waals surface area (Å²) in [6.45, 7) is 9.74. The topological polar surface area (TPSA) is 112 Å². The highest BCUT2D eigenvalue weighted by molar-refractivity contribution is 7.93. The standard InChI is InChI=1S/C22H28N4O2S2/c1-13(2)20-15(11-23)6-7-17-14(3)10-16(26-21(17)20)12-25-30(24,28)19-9-8-18(29-19)22(4,5)27/h6-10,13-14,26-27H,12H2,1-5H3,(H2,24,25,28). The third-order valence-electron chi connectivity index (χ3n) is 5.10. The summed E-state index contributed by atoms with van der Waals surface area (Å²) in [5.41, 5.74) is 3.49. The third kappa shape index (κ3) is 4.44. The molecule has 160 valence electrons. The number of thiophene rings is 1. The number of nitrogens with one attached hydrogen (secondary N) is 1. The number of anilines is 1. The lowest BCUT2D eigenvalue weighted by atomic mass is 9.86. The van der Waals surface area contributed by atoms with Gasteiger partial charge in [-0.2, -0.15) is 5.26 Å². The second-order valence-corrected chi connectivity index (χ2v) is 11.6. The monoisotopic (exact) mass is 444 g/mol. The first-order valence-electron chi connectivity index (χ1n) is 9.82. The molecule has 1 aromatic heterocycles. The maximum Gasteiger partial charge on any atom is 0.144 e.